The van der Waals surface area contributed by atoms with Gasteiger partial charge in [-0.1, -0.05) is 23.9 Å². The van der Waals surface area contributed by atoms with Gasteiger partial charge in [-0.15, -0.1) is 0 Å². The molecular weight excluding hydrogens is 390 g/mol. The van der Waals surface area contributed by atoms with Crippen LogP contribution in [-0.2, 0) is 4.79 Å². The van der Waals surface area contributed by atoms with E-state index in [0.717, 1.165) is 29.9 Å². The van der Waals surface area contributed by atoms with Gasteiger partial charge in [0, 0.05) is 18.8 Å². The summed E-state index contributed by atoms with van der Waals surface area (Å²) in [6.45, 7) is 6.16. The van der Waals surface area contributed by atoms with Crippen LogP contribution in [0.4, 0.5) is 5.69 Å². The molecule has 28 heavy (non-hydrogen) atoms. The highest BCUT2D eigenvalue weighted by Crippen LogP contribution is 2.33. The van der Waals surface area contributed by atoms with Crippen molar-refractivity contribution in [2.24, 2.45) is 5.10 Å². The number of benzene rings is 2. The van der Waals surface area contributed by atoms with Gasteiger partial charge in [-0.05, 0) is 79.7 Å². The number of thiocarbonyl (C=S) groups is 1. The maximum atomic E-state index is 12.7. The highest BCUT2D eigenvalue weighted by atomic mass is 32.2. The SMILES string of the molecule is CCN(CC)c1ccc(/C=C2/SC(=S)N(/N=C/c3ccc(O)cc3)C2=O)cc1. The van der Waals surface area contributed by atoms with E-state index in [1.807, 2.05) is 18.2 Å². The number of hydrazone groups is 1. The number of phenols is 1. The van der Waals surface area contributed by atoms with Crippen molar-refractivity contribution in [1.82, 2.24) is 5.01 Å². The van der Waals surface area contributed by atoms with Gasteiger partial charge in [0.1, 0.15) is 5.75 Å². The van der Waals surface area contributed by atoms with E-state index in [2.05, 4.69) is 36.0 Å². The first-order chi connectivity index (χ1) is 13.5. The van der Waals surface area contributed by atoms with Crippen LogP contribution in [0.25, 0.3) is 6.08 Å². The van der Waals surface area contributed by atoms with Crippen LogP contribution in [0.15, 0.2) is 58.5 Å². The Morgan fingerprint density at radius 2 is 1.68 bits per heavy atom. The molecule has 0 radical (unpaired) electrons. The Morgan fingerprint density at radius 3 is 2.29 bits per heavy atom. The van der Waals surface area contributed by atoms with E-state index >= 15 is 0 Å². The molecule has 1 N–H and O–H groups in total. The van der Waals surface area contributed by atoms with Gasteiger partial charge in [0.05, 0.1) is 11.1 Å². The van der Waals surface area contributed by atoms with E-state index in [4.69, 9.17) is 12.2 Å². The Bertz CT molecular complexity index is 918. The number of rotatable bonds is 6. The monoisotopic (exact) mass is 411 g/mol. The number of hydrogen-bond acceptors (Lipinski definition) is 6. The number of anilines is 1. The molecule has 0 aliphatic carbocycles. The summed E-state index contributed by atoms with van der Waals surface area (Å²) in [6.07, 6.45) is 3.38. The standard InChI is InChI=1S/C21H21N3O2S2/c1-3-23(4-2)17-9-5-15(6-10-17)13-19-20(26)24(21(27)28-19)22-14-16-7-11-18(25)12-8-16/h5-14,25H,3-4H2,1-2H3/b19-13+,22-14+. The number of aromatic hydroxyl groups is 1. The van der Waals surface area contributed by atoms with Crippen LogP contribution < -0.4 is 4.90 Å². The second kappa shape index (κ2) is 9.03. The summed E-state index contributed by atoms with van der Waals surface area (Å²) in [5.41, 5.74) is 2.87. The summed E-state index contributed by atoms with van der Waals surface area (Å²) in [5.74, 6) is -0.0597. The predicted octanol–water partition coefficient (Wildman–Crippen LogP) is 4.47. The summed E-state index contributed by atoms with van der Waals surface area (Å²) in [7, 11) is 0. The largest absolute Gasteiger partial charge is 0.508 e. The maximum Gasteiger partial charge on any atom is 0.286 e. The highest BCUT2D eigenvalue weighted by molar-refractivity contribution is 8.26. The quantitative estimate of drug-likeness (QED) is 0.432. The molecule has 0 bridgehead atoms. The molecule has 2 aromatic rings. The maximum absolute atomic E-state index is 12.7. The minimum atomic E-state index is -0.238. The zero-order chi connectivity index (χ0) is 20.1. The van der Waals surface area contributed by atoms with Crippen molar-refractivity contribution < 1.29 is 9.90 Å². The lowest BCUT2D eigenvalue weighted by Crippen LogP contribution is -2.22. The molecule has 1 saturated heterocycles. The van der Waals surface area contributed by atoms with Crippen molar-refractivity contribution in [2.75, 3.05) is 18.0 Å². The Morgan fingerprint density at radius 1 is 1.07 bits per heavy atom. The third kappa shape index (κ3) is 4.61. The Hall–Kier alpha value is -2.64. The van der Waals surface area contributed by atoms with Crippen molar-refractivity contribution in [3.8, 4) is 5.75 Å². The van der Waals surface area contributed by atoms with Crippen LogP contribution in [-0.4, -0.2) is 39.6 Å². The molecule has 0 atom stereocenters. The van der Waals surface area contributed by atoms with Gasteiger partial charge in [-0.25, -0.2) is 0 Å². The van der Waals surface area contributed by atoms with E-state index in [0.29, 0.717) is 9.23 Å². The van der Waals surface area contributed by atoms with Crippen LogP contribution in [0.2, 0.25) is 0 Å². The molecule has 1 aliphatic rings. The molecule has 1 aliphatic heterocycles. The van der Waals surface area contributed by atoms with Crippen molar-refractivity contribution in [3.05, 3.63) is 64.6 Å². The molecule has 0 unspecified atom stereocenters. The van der Waals surface area contributed by atoms with Crippen LogP contribution in [0.1, 0.15) is 25.0 Å². The molecule has 1 fully saturated rings. The number of phenolic OH excluding ortho intramolecular Hbond substituents is 1. The average Bonchev–Trinajstić information content (AvgIpc) is 2.96. The predicted molar refractivity (Wildman–Crippen MR) is 121 cm³/mol. The lowest BCUT2D eigenvalue weighted by molar-refractivity contribution is -0.122. The topological polar surface area (TPSA) is 56.1 Å². The fraction of sp³-hybridized carbons (Fsp3) is 0.190. The van der Waals surface area contributed by atoms with Crippen LogP contribution in [0.5, 0.6) is 5.75 Å². The molecule has 2 aromatic carbocycles. The molecular formula is C21H21N3O2S2. The number of hydrogen-bond donors (Lipinski definition) is 1. The Balaban J connectivity index is 1.74. The van der Waals surface area contributed by atoms with Gasteiger partial charge < -0.3 is 10.0 Å². The zero-order valence-corrected chi connectivity index (χ0v) is 17.3. The van der Waals surface area contributed by atoms with E-state index < -0.39 is 0 Å². The van der Waals surface area contributed by atoms with E-state index in [1.54, 1.807) is 30.5 Å². The molecule has 3 rings (SSSR count). The lowest BCUT2D eigenvalue weighted by atomic mass is 10.1. The Kier molecular flexibility index (Phi) is 6.49. The lowest BCUT2D eigenvalue weighted by Gasteiger charge is -2.20. The molecule has 5 nitrogen and oxygen atoms in total. The van der Waals surface area contributed by atoms with E-state index in [1.165, 1.54) is 16.8 Å². The normalized spacial score (nSPS) is 15.8. The molecule has 0 saturated carbocycles. The fourth-order valence-electron chi connectivity index (χ4n) is 2.77. The van der Waals surface area contributed by atoms with Crippen LogP contribution in [0.3, 0.4) is 0 Å². The second-order valence-electron chi connectivity index (χ2n) is 6.09. The molecule has 1 heterocycles. The summed E-state index contributed by atoms with van der Waals surface area (Å²) in [6, 6.07) is 14.7. The first-order valence-corrected chi connectivity index (χ1v) is 10.2. The summed E-state index contributed by atoms with van der Waals surface area (Å²) < 4.78 is 0.394. The molecule has 7 heteroatoms. The van der Waals surface area contributed by atoms with Gasteiger partial charge in [0.2, 0.25) is 0 Å². The van der Waals surface area contributed by atoms with Gasteiger partial charge in [0.15, 0.2) is 4.32 Å². The summed E-state index contributed by atoms with van der Waals surface area (Å²) in [4.78, 5) is 15.5. The molecule has 0 spiro atoms. The minimum absolute atomic E-state index is 0.178. The first kappa shape index (κ1) is 20.1. The zero-order valence-electron chi connectivity index (χ0n) is 15.7. The highest BCUT2D eigenvalue weighted by Gasteiger charge is 2.32. The third-order valence-corrected chi connectivity index (χ3v) is 5.59. The number of thioether (sulfide) groups is 1. The number of carbonyl (C=O) groups is 1. The molecule has 144 valence electrons. The third-order valence-electron chi connectivity index (χ3n) is 4.31. The van der Waals surface area contributed by atoms with E-state index in [9.17, 15) is 9.90 Å². The van der Waals surface area contributed by atoms with Crippen molar-refractivity contribution in [2.45, 2.75) is 13.8 Å². The number of amides is 1. The van der Waals surface area contributed by atoms with Crippen LogP contribution >= 0.6 is 24.0 Å². The van der Waals surface area contributed by atoms with Gasteiger partial charge in [0.25, 0.3) is 5.91 Å². The second-order valence-corrected chi connectivity index (χ2v) is 7.77. The van der Waals surface area contributed by atoms with Crippen molar-refractivity contribution in [3.63, 3.8) is 0 Å². The molecule has 1 amide bonds. The van der Waals surface area contributed by atoms with Gasteiger partial charge in [-0.3, -0.25) is 4.79 Å². The number of nitrogens with zero attached hydrogens (tertiary/aromatic N) is 3. The van der Waals surface area contributed by atoms with Gasteiger partial charge in [-0.2, -0.15) is 10.1 Å². The average molecular weight is 412 g/mol. The van der Waals surface area contributed by atoms with Crippen molar-refractivity contribution in [1.29, 1.82) is 0 Å². The smallest absolute Gasteiger partial charge is 0.286 e. The van der Waals surface area contributed by atoms with Gasteiger partial charge >= 0.3 is 0 Å². The van der Waals surface area contributed by atoms with Crippen LogP contribution in [0, 0.1) is 0 Å². The van der Waals surface area contributed by atoms with E-state index in [-0.39, 0.29) is 11.7 Å². The number of carbonyl (C=O) groups excluding carboxylic acids is 1. The van der Waals surface area contributed by atoms with Crippen molar-refractivity contribution >= 4 is 52.2 Å². The summed E-state index contributed by atoms with van der Waals surface area (Å²) in [5, 5.41) is 14.8. The first-order valence-electron chi connectivity index (χ1n) is 8.97. The minimum Gasteiger partial charge on any atom is -0.508 e. The Labute approximate surface area is 174 Å². The molecule has 0 aromatic heterocycles. The fourth-order valence-corrected chi connectivity index (χ4v) is 3.94. The summed E-state index contributed by atoms with van der Waals surface area (Å²) >= 11 is 6.54.